The third-order valence-electron chi connectivity index (χ3n) is 4.07. The first-order valence-corrected chi connectivity index (χ1v) is 6.76. The van der Waals surface area contributed by atoms with Gasteiger partial charge in [0, 0.05) is 11.8 Å². The van der Waals surface area contributed by atoms with E-state index in [-0.39, 0.29) is 11.2 Å². The van der Waals surface area contributed by atoms with Crippen molar-refractivity contribution in [3.05, 3.63) is 48.0 Å². The van der Waals surface area contributed by atoms with Crippen LogP contribution in [0.4, 0.5) is 0 Å². The lowest BCUT2D eigenvalue weighted by molar-refractivity contribution is -0.119. The van der Waals surface area contributed by atoms with Crippen LogP contribution in [0.3, 0.4) is 0 Å². The van der Waals surface area contributed by atoms with Gasteiger partial charge in [0.1, 0.15) is 5.78 Å². The number of carbonyl (C=O) groups excluding carboxylic acids is 1. The minimum Gasteiger partial charge on any atom is -0.379 e. The number of carbonyl (C=O) groups is 1. The van der Waals surface area contributed by atoms with E-state index in [0.717, 1.165) is 19.6 Å². The van der Waals surface area contributed by atoms with Gasteiger partial charge >= 0.3 is 0 Å². The highest BCUT2D eigenvalue weighted by Crippen LogP contribution is 2.38. The van der Waals surface area contributed by atoms with Gasteiger partial charge in [0.2, 0.25) is 0 Å². The zero-order chi connectivity index (χ0) is 13.3. The molecule has 1 saturated heterocycles. The first-order valence-electron chi connectivity index (χ1n) is 6.76. The molecule has 2 heteroatoms. The second-order valence-corrected chi connectivity index (χ2v) is 5.54. The molecule has 0 N–H and O–H groups in total. The average Bonchev–Trinajstić information content (AvgIpc) is 2.37. The lowest BCUT2D eigenvalue weighted by Crippen LogP contribution is -2.46. The SMILES string of the molecule is CC(=O)CCC1(c2ccc3ccccc3c2)COC1. The molecule has 1 heterocycles. The summed E-state index contributed by atoms with van der Waals surface area (Å²) in [7, 11) is 0. The maximum absolute atomic E-state index is 11.2. The molecule has 0 saturated carbocycles. The summed E-state index contributed by atoms with van der Waals surface area (Å²) < 4.78 is 5.43. The standard InChI is InChI=1S/C17H18O2/c1-13(18)8-9-17(11-19-12-17)16-7-6-14-4-2-3-5-15(14)10-16/h2-7,10H,8-9,11-12H2,1H3. The van der Waals surface area contributed by atoms with Crippen LogP contribution in [0.1, 0.15) is 25.3 Å². The molecular weight excluding hydrogens is 236 g/mol. The third kappa shape index (κ3) is 2.28. The van der Waals surface area contributed by atoms with Crippen molar-refractivity contribution < 1.29 is 9.53 Å². The molecule has 1 fully saturated rings. The van der Waals surface area contributed by atoms with Crippen LogP contribution < -0.4 is 0 Å². The summed E-state index contributed by atoms with van der Waals surface area (Å²) in [6, 6.07) is 15.0. The number of rotatable bonds is 4. The zero-order valence-corrected chi connectivity index (χ0v) is 11.2. The van der Waals surface area contributed by atoms with Gasteiger partial charge < -0.3 is 9.53 Å². The Morgan fingerprint density at radius 3 is 2.53 bits per heavy atom. The second-order valence-electron chi connectivity index (χ2n) is 5.54. The fraction of sp³-hybridized carbons (Fsp3) is 0.353. The van der Waals surface area contributed by atoms with Crippen molar-refractivity contribution in [1.82, 2.24) is 0 Å². The average molecular weight is 254 g/mol. The van der Waals surface area contributed by atoms with E-state index in [1.165, 1.54) is 16.3 Å². The van der Waals surface area contributed by atoms with Crippen LogP contribution >= 0.6 is 0 Å². The van der Waals surface area contributed by atoms with Gasteiger partial charge in [-0.3, -0.25) is 0 Å². The van der Waals surface area contributed by atoms with Crippen molar-refractivity contribution in [2.24, 2.45) is 0 Å². The molecule has 2 nitrogen and oxygen atoms in total. The molecule has 0 aromatic heterocycles. The van der Waals surface area contributed by atoms with Gasteiger partial charge in [0.25, 0.3) is 0 Å². The Labute approximate surface area is 113 Å². The Bertz CT molecular complexity index is 611. The molecule has 0 radical (unpaired) electrons. The second kappa shape index (κ2) is 4.78. The lowest BCUT2D eigenvalue weighted by atomic mass is 9.74. The molecule has 2 aromatic carbocycles. The molecule has 98 valence electrons. The molecule has 0 atom stereocenters. The summed E-state index contributed by atoms with van der Waals surface area (Å²) in [5, 5.41) is 2.52. The van der Waals surface area contributed by atoms with Gasteiger partial charge in [0.15, 0.2) is 0 Å². The third-order valence-corrected chi connectivity index (χ3v) is 4.07. The van der Waals surface area contributed by atoms with Crippen LogP contribution in [0, 0.1) is 0 Å². The number of fused-ring (bicyclic) bond motifs is 1. The van der Waals surface area contributed by atoms with Crippen molar-refractivity contribution in [1.29, 1.82) is 0 Å². The monoisotopic (exact) mass is 254 g/mol. The summed E-state index contributed by atoms with van der Waals surface area (Å²) >= 11 is 0. The Balaban J connectivity index is 1.94. The summed E-state index contributed by atoms with van der Waals surface area (Å²) in [5.41, 5.74) is 1.36. The Hall–Kier alpha value is -1.67. The summed E-state index contributed by atoms with van der Waals surface area (Å²) in [6.07, 6.45) is 1.52. The molecule has 0 spiro atoms. The van der Waals surface area contributed by atoms with Gasteiger partial charge in [-0.25, -0.2) is 0 Å². The normalized spacial score (nSPS) is 17.1. The quantitative estimate of drug-likeness (QED) is 0.835. The summed E-state index contributed by atoms with van der Waals surface area (Å²) in [6.45, 7) is 3.13. The molecule has 0 aliphatic carbocycles. The molecular formula is C17H18O2. The van der Waals surface area contributed by atoms with Gasteiger partial charge in [-0.1, -0.05) is 42.5 Å². The molecule has 1 aliphatic rings. The predicted octanol–water partition coefficient (Wildman–Crippen LogP) is 3.48. The van der Waals surface area contributed by atoms with E-state index in [0.29, 0.717) is 6.42 Å². The topological polar surface area (TPSA) is 26.3 Å². The minimum absolute atomic E-state index is 0.0513. The van der Waals surface area contributed by atoms with E-state index in [2.05, 4.69) is 42.5 Å². The Morgan fingerprint density at radius 2 is 1.89 bits per heavy atom. The van der Waals surface area contributed by atoms with Gasteiger partial charge in [-0.2, -0.15) is 0 Å². The predicted molar refractivity (Wildman–Crippen MR) is 76.4 cm³/mol. The summed E-state index contributed by atoms with van der Waals surface area (Å²) in [4.78, 5) is 11.2. The van der Waals surface area contributed by atoms with E-state index < -0.39 is 0 Å². The number of Topliss-reactive ketones (excluding diaryl/α,β-unsaturated/α-hetero) is 1. The molecule has 0 unspecified atom stereocenters. The molecule has 0 bridgehead atoms. The van der Waals surface area contributed by atoms with Gasteiger partial charge in [-0.05, 0) is 29.7 Å². The zero-order valence-electron chi connectivity index (χ0n) is 11.2. The number of benzene rings is 2. The molecule has 2 aromatic rings. The fourth-order valence-electron chi connectivity index (χ4n) is 2.74. The number of ketones is 1. The van der Waals surface area contributed by atoms with Crippen molar-refractivity contribution in [2.45, 2.75) is 25.2 Å². The number of ether oxygens (including phenoxy) is 1. The van der Waals surface area contributed by atoms with E-state index in [4.69, 9.17) is 4.74 Å². The molecule has 0 amide bonds. The number of hydrogen-bond donors (Lipinski definition) is 0. The highest BCUT2D eigenvalue weighted by atomic mass is 16.5. The molecule has 1 aliphatic heterocycles. The molecule has 19 heavy (non-hydrogen) atoms. The van der Waals surface area contributed by atoms with E-state index in [9.17, 15) is 4.79 Å². The van der Waals surface area contributed by atoms with E-state index >= 15 is 0 Å². The van der Waals surface area contributed by atoms with Gasteiger partial charge in [0.05, 0.1) is 13.2 Å². The van der Waals surface area contributed by atoms with E-state index in [1.54, 1.807) is 6.92 Å². The minimum atomic E-state index is 0.0513. The largest absolute Gasteiger partial charge is 0.379 e. The summed E-state index contributed by atoms with van der Waals surface area (Å²) in [5.74, 6) is 0.257. The maximum Gasteiger partial charge on any atom is 0.129 e. The Kier molecular flexibility index (Phi) is 3.11. The first kappa shape index (κ1) is 12.4. The van der Waals surface area contributed by atoms with Crippen molar-refractivity contribution in [3.8, 4) is 0 Å². The van der Waals surface area contributed by atoms with Crippen LogP contribution in [0.2, 0.25) is 0 Å². The van der Waals surface area contributed by atoms with Crippen molar-refractivity contribution >= 4 is 16.6 Å². The lowest BCUT2D eigenvalue weighted by Gasteiger charge is -2.42. The highest BCUT2D eigenvalue weighted by molar-refractivity contribution is 5.83. The highest BCUT2D eigenvalue weighted by Gasteiger charge is 2.40. The van der Waals surface area contributed by atoms with Crippen LogP contribution in [0.25, 0.3) is 10.8 Å². The first-order chi connectivity index (χ1) is 9.20. The Morgan fingerprint density at radius 1 is 1.16 bits per heavy atom. The van der Waals surface area contributed by atoms with Crippen LogP contribution in [-0.2, 0) is 14.9 Å². The molecule has 3 rings (SSSR count). The van der Waals surface area contributed by atoms with Crippen LogP contribution in [-0.4, -0.2) is 19.0 Å². The van der Waals surface area contributed by atoms with Crippen molar-refractivity contribution in [3.63, 3.8) is 0 Å². The van der Waals surface area contributed by atoms with E-state index in [1.807, 2.05) is 0 Å². The fourth-order valence-corrected chi connectivity index (χ4v) is 2.74. The smallest absolute Gasteiger partial charge is 0.129 e. The van der Waals surface area contributed by atoms with Crippen LogP contribution in [0.5, 0.6) is 0 Å². The number of hydrogen-bond acceptors (Lipinski definition) is 2. The van der Waals surface area contributed by atoms with Crippen molar-refractivity contribution in [2.75, 3.05) is 13.2 Å². The maximum atomic E-state index is 11.2. The van der Waals surface area contributed by atoms with Gasteiger partial charge in [-0.15, -0.1) is 0 Å². The van der Waals surface area contributed by atoms with Crippen LogP contribution in [0.15, 0.2) is 42.5 Å².